The molecule has 0 aliphatic carbocycles. The Balaban J connectivity index is 3.06. The first kappa shape index (κ1) is 10.9. The SMILES string of the molecule is CS(=O)(=O)N(SBr)c1ccccc1. The molecule has 0 aliphatic rings. The molecular formula is C7H8BrNO2S2. The lowest BCUT2D eigenvalue weighted by Gasteiger charge is -2.16. The van der Waals surface area contributed by atoms with Gasteiger partial charge < -0.3 is 0 Å². The van der Waals surface area contributed by atoms with Gasteiger partial charge in [-0.25, -0.2) is 12.1 Å². The molecule has 0 heterocycles. The molecule has 3 nitrogen and oxygen atoms in total. The summed E-state index contributed by atoms with van der Waals surface area (Å²) in [5, 5.41) is 0. The van der Waals surface area contributed by atoms with Gasteiger partial charge in [-0.3, -0.25) is 0 Å². The van der Waals surface area contributed by atoms with E-state index in [1.165, 1.54) is 3.71 Å². The van der Waals surface area contributed by atoms with Crippen LogP contribution in [0, 0.1) is 0 Å². The van der Waals surface area contributed by atoms with Crippen molar-refractivity contribution in [1.82, 2.24) is 0 Å². The van der Waals surface area contributed by atoms with E-state index in [-0.39, 0.29) is 0 Å². The van der Waals surface area contributed by atoms with Crippen LogP contribution in [0.3, 0.4) is 0 Å². The van der Waals surface area contributed by atoms with E-state index in [2.05, 4.69) is 14.8 Å². The zero-order chi connectivity index (χ0) is 9.90. The van der Waals surface area contributed by atoms with E-state index >= 15 is 0 Å². The minimum atomic E-state index is -3.22. The van der Waals surface area contributed by atoms with Crippen LogP contribution in [0.2, 0.25) is 0 Å². The van der Waals surface area contributed by atoms with Gasteiger partial charge in [0.25, 0.3) is 0 Å². The Bertz CT molecular complexity index is 365. The van der Waals surface area contributed by atoms with Crippen LogP contribution in [-0.2, 0) is 10.0 Å². The molecule has 1 aromatic carbocycles. The Hall–Kier alpha value is -0.200. The molecule has 0 unspecified atom stereocenters. The lowest BCUT2D eigenvalue weighted by Crippen LogP contribution is -2.20. The number of hydrogen-bond acceptors (Lipinski definition) is 3. The fourth-order valence-electron chi connectivity index (χ4n) is 0.832. The highest BCUT2D eigenvalue weighted by Crippen LogP contribution is 2.28. The average molecular weight is 282 g/mol. The van der Waals surface area contributed by atoms with E-state index < -0.39 is 10.0 Å². The van der Waals surface area contributed by atoms with Gasteiger partial charge in [0.15, 0.2) is 0 Å². The number of hydrogen-bond donors (Lipinski definition) is 0. The molecule has 0 saturated heterocycles. The third kappa shape index (κ3) is 2.89. The summed E-state index contributed by atoms with van der Waals surface area (Å²) >= 11 is 3.05. The molecule has 0 atom stereocenters. The van der Waals surface area contributed by atoms with Crippen molar-refractivity contribution in [1.29, 1.82) is 0 Å². The van der Waals surface area contributed by atoms with Crippen LogP contribution >= 0.6 is 25.2 Å². The smallest absolute Gasteiger partial charge is 0.206 e. The third-order valence-electron chi connectivity index (χ3n) is 1.33. The second-order valence-corrected chi connectivity index (χ2v) is 5.83. The number of rotatable bonds is 3. The van der Waals surface area contributed by atoms with Crippen molar-refractivity contribution < 1.29 is 8.42 Å². The molecule has 0 spiro atoms. The topological polar surface area (TPSA) is 37.4 Å². The molecule has 6 heteroatoms. The molecular weight excluding hydrogens is 274 g/mol. The normalized spacial score (nSPS) is 11.2. The zero-order valence-electron chi connectivity index (χ0n) is 6.84. The van der Waals surface area contributed by atoms with Gasteiger partial charge in [-0.05, 0) is 12.1 Å². The van der Waals surface area contributed by atoms with Crippen LogP contribution in [0.4, 0.5) is 5.69 Å². The van der Waals surface area contributed by atoms with Crippen molar-refractivity contribution in [3.8, 4) is 0 Å². The number of benzene rings is 1. The molecule has 13 heavy (non-hydrogen) atoms. The van der Waals surface area contributed by atoms with E-state index in [9.17, 15) is 8.42 Å². The summed E-state index contributed by atoms with van der Waals surface area (Å²) in [5.41, 5.74) is 0.631. The molecule has 72 valence electrons. The molecule has 0 bridgehead atoms. The van der Waals surface area contributed by atoms with Gasteiger partial charge in [-0.2, -0.15) is 0 Å². The first-order valence-corrected chi connectivity index (χ1v) is 7.86. The minimum absolute atomic E-state index is 0.631. The quantitative estimate of drug-likeness (QED) is 0.799. The highest BCUT2D eigenvalue weighted by molar-refractivity contribution is 9.50. The van der Waals surface area contributed by atoms with Gasteiger partial charge in [0.2, 0.25) is 10.0 Å². The lowest BCUT2D eigenvalue weighted by atomic mass is 10.3. The number of anilines is 1. The molecule has 1 rings (SSSR count). The number of nitrogens with zero attached hydrogens (tertiary/aromatic N) is 1. The van der Waals surface area contributed by atoms with Gasteiger partial charge in [0, 0.05) is 25.2 Å². The van der Waals surface area contributed by atoms with Crippen molar-refractivity contribution in [3.63, 3.8) is 0 Å². The van der Waals surface area contributed by atoms with E-state index in [4.69, 9.17) is 0 Å². The predicted molar refractivity (Wildman–Crippen MR) is 60.3 cm³/mol. The van der Waals surface area contributed by atoms with E-state index in [1.54, 1.807) is 24.3 Å². The van der Waals surface area contributed by atoms with Crippen molar-refractivity contribution in [2.45, 2.75) is 0 Å². The van der Waals surface area contributed by atoms with Crippen molar-refractivity contribution in [2.24, 2.45) is 0 Å². The summed E-state index contributed by atoms with van der Waals surface area (Å²) in [6.45, 7) is 0. The maximum atomic E-state index is 11.2. The van der Waals surface area contributed by atoms with Crippen molar-refractivity contribution in [3.05, 3.63) is 30.3 Å². The van der Waals surface area contributed by atoms with Crippen LogP contribution < -0.4 is 3.71 Å². The van der Waals surface area contributed by atoms with Crippen LogP contribution in [0.15, 0.2) is 30.3 Å². The van der Waals surface area contributed by atoms with Crippen molar-refractivity contribution in [2.75, 3.05) is 9.97 Å². The fourth-order valence-corrected chi connectivity index (χ4v) is 4.38. The Morgan fingerprint density at radius 1 is 1.31 bits per heavy atom. The van der Waals surface area contributed by atoms with Gasteiger partial charge >= 0.3 is 0 Å². The first-order valence-electron chi connectivity index (χ1n) is 3.40. The zero-order valence-corrected chi connectivity index (χ0v) is 10.1. The molecule has 0 amide bonds. The molecule has 0 saturated carbocycles. The predicted octanol–water partition coefficient (Wildman–Crippen LogP) is 2.41. The van der Waals surface area contributed by atoms with E-state index in [0.29, 0.717) is 5.69 Å². The molecule has 0 aliphatic heterocycles. The summed E-state index contributed by atoms with van der Waals surface area (Å²) in [6.07, 6.45) is 1.16. The summed E-state index contributed by atoms with van der Waals surface area (Å²) in [4.78, 5) is 0. The summed E-state index contributed by atoms with van der Waals surface area (Å²) in [5.74, 6) is 0. The van der Waals surface area contributed by atoms with Gasteiger partial charge in [0.05, 0.1) is 11.9 Å². The molecule has 0 radical (unpaired) electrons. The minimum Gasteiger partial charge on any atom is -0.206 e. The van der Waals surface area contributed by atoms with Gasteiger partial charge in [-0.15, -0.1) is 0 Å². The van der Waals surface area contributed by atoms with Gasteiger partial charge in [-0.1, -0.05) is 18.2 Å². The van der Waals surface area contributed by atoms with E-state index in [1.807, 2.05) is 6.07 Å². The lowest BCUT2D eigenvalue weighted by molar-refractivity contribution is 0.604. The Morgan fingerprint density at radius 3 is 2.23 bits per heavy atom. The summed E-state index contributed by atoms with van der Waals surface area (Å²) in [6, 6.07) is 8.88. The molecule has 1 aromatic rings. The number of para-hydroxylation sites is 1. The third-order valence-corrected chi connectivity index (χ3v) is 4.96. The second kappa shape index (κ2) is 4.34. The molecule has 0 aromatic heterocycles. The molecule has 0 N–H and O–H groups in total. The average Bonchev–Trinajstić information content (AvgIpc) is 2.05. The standard InChI is InChI=1S/C7H8BrNO2S2/c1-13(10,11)9(12-8)7-5-3-2-4-6-7/h2-6H,1H3. The van der Waals surface area contributed by atoms with E-state index in [0.717, 1.165) is 16.6 Å². The first-order chi connectivity index (χ1) is 6.05. The highest BCUT2D eigenvalue weighted by Gasteiger charge is 2.16. The summed E-state index contributed by atoms with van der Waals surface area (Å²) in [7, 11) is -2.23. The molecule has 0 fully saturated rings. The van der Waals surface area contributed by atoms with Crippen LogP contribution in [-0.4, -0.2) is 14.7 Å². The fraction of sp³-hybridized carbons (Fsp3) is 0.143. The Labute approximate surface area is 89.5 Å². The second-order valence-electron chi connectivity index (χ2n) is 2.39. The Morgan fingerprint density at radius 2 is 1.85 bits per heavy atom. The van der Waals surface area contributed by atoms with Gasteiger partial charge in [0.1, 0.15) is 0 Å². The van der Waals surface area contributed by atoms with Crippen LogP contribution in [0.5, 0.6) is 0 Å². The number of sulfonamides is 1. The largest absolute Gasteiger partial charge is 0.242 e. The highest BCUT2D eigenvalue weighted by atomic mass is 79.9. The Kier molecular flexibility index (Phi) is 3.63. The maximum absolute atomic E-state index is 11.2. The number of halogens is 1. The van der Waals surface area contributed by atoms with Crippen LogP contribution in [0.25, 0.3) is 0 Å². The summed E-state index contributed by atoms with van der Waals surface area (Å²) < 4.78 is 23.7. The monoisotopic (exact) mass is 281 g/mol. The van der Waals surface area contributed by atoms with Crippen LogP contribution in [0.1, 0.15) is 0 Å². The van der Waals surface area contributed by atoms with Crippen molar-refractivity contribution >= 4 is 40.9 Å². The maximum Gasteiger partial charge on any atom is 0.242 e.